The minimum Gasteiger partial charge on any atom is -0.476 e. The molecule has 1 saturated carbocycles. The van der Waals surface area contributed by atoms with E-state index in [1.807, 2.05) is 0 Å². The summed E-state index contributed by atoms with van der Waals surface area (Å²) in [6.07, 6.45) is -4.09. The monoisotopic (exact) mass is 370 g/mol. The molecule has 3 rings (SSSR count). The van der Waals surface area contributed by atoms with Gasteiger partial charge >= 0.3 is 12.1 Å². The number of aromatic carboxylic acids is 1. The molecule has 1 fully saturated rings. The lowest BCUT2D eigenvalue weighted by molar-refractivity contribution is -0.138. The molecule has 1 aliphatic carbocycles. The Morgan fingerprint density at radius 3 is 2.68 bits per heavy atom. The lowest BCUT2D eigenvalue weighted by atomic mass is 10.0. The quantitative estimate of drug-likeness (QED) is 0.847. The summed E-state index contributed by atoms with van der Waals surface area (Å²) < 4.78 is 39.1. The van der Waals surface area contributed by atoms with Crippen LogP contribution in [-0.4, -0.2) is 22.0 Å². The van der Waals surface area contributed by atoms with Crippen LogP contribution in [0.1, 0.15) is 39.0 Å². The van der Waals surface area contributed by atoms with Crippen LogP contribution in [-0.2, 0) is 17.5 Å². The highest BCUT2D eigenvalue weighted by molar-refractivity contribution is 7.09. The molecule has 1 heterocycles. The van der Waals surface area contributed by atoms with Crippen LogP contribution < -0.4 is 5.32 Å². The van der Waals surface area contributed by atoms with Gasteiger partial charge in [0.2, 0.25) is 5.91 Å². The Kier molecular flexibility index (Phi) is 4.51. The van der Waals surface area contributed by atoms with Crippen LogP contribution in [0.3, 0.4) is 0 Å². The van der Waals surface area contributed by atoms with Crippen molar-refractivity contribution in [3.63, 3.8) is 0 Å². The SMILES string of the molecule is O=C(O)c1csc(CNC(=O)[C@H]2C[C@@H]2c2ccccc2C(F)(F)F)n1. The van der Waals surface area contributed by atoms with Crippen molar-refractivity contribution in [2.24, 2.45) is 5.92 Å². The highest BCUT2D eigenvalue weighted by atomic mass is 32.1. The minimum absolute atomic E-state index is 0.0565. The summed E-state index contributed by atoms with van der Waals surface area (Å²) in [6, 6.07) is 5.28. The van der Waals surface area contributed by atoms with Crippen molar-refractivity contribution in [3.05, 3.63) is 51.5 Å². The minimum atomic E-state index is -4.45. The Balaban J connectivity index is 1.62. The fourth-order valence-electron chi connectivity index (χ4n) is 2.69. The molecule has 2 aromatic rings. The van der Waals surface area contributed by atoms with E-state index in [0.717, 1.165) is 17.4 Å². The molecule has 0 bridgehead atoms. The van der Waals surface area contributed by atoms with Gasteiger partial charge in [-0.3, -0.25) is 4.79 Å². The molecule has 0 aliphatic heterocycles. The van der Waals surface area contributed by atoms with Crippen LogP contribution in [0.4, 0.5) is 13.2 Å². The molecule has 1 aromatic carbocycles. The van der Waals surface area contributed by atoms with Gasteiger partial charge in [-0.2, -0.15) is 13.2 Å². The van der Waals surface area contributed by atoms with Gasteiger partial charge in [-0.05, 0) is 24.0 Å². The maximum Gasteiger partial charge on any atom is 0.416 e. The lowest BCUT2D eigenvalue weighted by Gasteiger charge is -2.12. The number of benzene rings is 1. The van der Waals surface area contributed by atoms with Crippen molar-refractivity contribution in [2.75, 3.05) is 0 Å². The summed E-state index contributed by atoms with van der Waals surface area (Å²) in [5.74, 6) is -2.47. The van der Waals surface area contributed by atoms with E-state index < -0.39 is 29.5 Å². The molecule has 2 N–H and O–H groups in total. The van der Waals surface area contributed by atoms with E-state index in [2.05, 4.69) is 10.3 Å². The second-order valence-corrected chi connectivity index (χ2v) is 6.63. The van der Waals surface area contributed by atoms with E-state index in [4.69, 9.17) is 5.11 Å². The standard InChI is InChI=1S/C16H13F3N2O3S/c17-16(18,19)11-4-2-1-3-8(11)9-5-10(9)14(22)20-6-13-21-12(7-25-13)15(23)24/h1-4,7,9-10H,5-6H2,(H,20,22)(H,23,24)/t9-,10+/m1/s1. The number of alkyl halides is 3. The van der Waals surface area contributed by atoms with Gasteiger partial charge in [0.05, 0.1) is 12.1 Å². The van der Waals surface area contributed by atoms with E-state index in [9.17, 15) is 22.8 Å². The maximum absolute atomic E-state index is 13.0. The summed E-state index contributed by atoms with van der Waals surface area (Å²) in [7, 11) is 0. The van der Waals surface area contributed by atoms with Gasteiger partial charge < -0.3 is 10.4 Å². The molecular weight excluding hydrogens is 357 g/mol. The number of aromatic nitrogens is 1. The Labute approximate surface area is 144 Å². The molecule has 2 atom stereocenters. The van der Waals surface area contributed by atoms with Crippen LogP contribution >= 0.6 is 11.3 Å². The summed E-state index contributed by atoms with van der Waals surface area (Å²) in [5.41, 5.74) is -0.670. The average molecular weight is 370 g/mol. The number of carboxylic acid groups (broad SMARTS) is 1. The van der Waals surface area contributed by atoms with E-state index in [1.165, 1.54) is 23.6 Å². The predicted molar refractivity (Wildman–Crippen MR) is 83.2 cm³/mol. The normalized spacial score (nSPS) is 19.5. The van der Waals surface area contributed by atoms with E-state index in [1.54, 1.807) is 0 Å². The van der Waals surface area contributed by atoms with Crippen LogP contribution in [0.5, 0.6) is 0 Å². The Hall–Kier alpha value is -2.42. The summed E-state index contributed by atoms with van der Waals surface area (Å²) in [6.45, 7) is 0.0565. The molecule has 1 amide bonds. The van der Waals surface area contributed by atoms with Crippen molar-refractivity contribution in [1.29, 1.82) is 0 Å². The predicted octanol–water partition coefficient (Wildman–Crippen LogP) is 3.28. The summed E-state index contributed by atoms with van der Waals surface area (Å²) in [5, 5.41) is 13.2. The van der Waals surface area contributed by atoms with Gasteiger partial charge in [-0.15, -0.1) is 11.3 Å². The number of nitrogens with one attached hydrogen (secondary N) is 1. The number of carbonyl (C=O) groups is 2. The number of rotatable bonds is 5. The molecule has 0 saturated heterocycles. The van der Waals surface area contributed by atoms with Crippen molar-refractivity contribution < 1.29 is 27.9 Å². The molecule has 5 nitrogen and oxygen atoms in total. The first-order valence-electron chi connectivity index (χ1n) is 7.39. The van der Waals surface area contributed by atoms with E-state index in [0.29, 0.717) is 11.4 Å². The van der Waals surface area contributed by atoms with Gasteiger partial charge in [0, 0.05) is 11.3 Å². The van der Waals surface area contributed by atoms with Gasteiger partial charge in [0.1, 0.15) is 5.01 Å². The van der Waals surface area contributed by atoms with Crippen molar-refractivity contribution in [1.82, 2.24) is 10.3 Å². The maximum atomic E-state index is 13.0. The molecular formula is C16H13F3N2O3S. The average Bonchev–Trinajstić information content (AvgIpc) is 3.21. The van der Waals surface area contributed by atoms with Crippen molar-refractivity contribution >= 4 is 23.2 Å². The Morgan fingerprint density at radius 2 is 2.04 bits per heavy atom. The number of hydrogen-bond acceptors (Lipinski definition) is 4. The number of carbonyl (C=O) groups excluding carboxylic acids is 1. The van der Waals surface area contributed by atoms with Crippen LogP contribution in [0, 0.1) is 5.92 Å². The third-order valence-corrected chi connectivity index (χ3v) is 4.83. The fourth-order valence-corrected chi connectivity index (χ4v) is 3.40. The lowest BCUT2D eigenvalue weighted by Crippen LogP contribution is -2.25. The highest BCUT2D eigenvalue weighted by Crippen LogP contribution is 2.51. The second-order valence-electron chi connectivity index (χ2n) is 5.68. The number of hydrogen-bond donors (Lipinski definition) is 2. The van der Waals surface area contributed by atoms with Crippen molar-refractivity contribution in [3.8, 4) is 0 Å². The molecule has 1 aromatic heterocycles. The van der Waals surface area contributed by atoms with Crippen LogP contribution in [0.2, 0.25) is 0 Å². The third-order valence-electron chi connectivity index (χ3n) is 3.98. The molecule has 1 aliphatic rings. The first kappa shape index (κ1) is 17.4. The largest absolute Gasteiger partial charge is 0.476 e. The van der Waals surface area contributed by atoms with Crippen LogP contribution in [0.15, 0.2) is 29.6 Å². The number of carboxylic acids is 1. The first-order valence-corrected chi connectivity index (χ1v) is 8.27. The molecule has 9 heteroatoms. The zero-order valence-electron chi connectivity index (χ0n) is 12.7. The van der Waals surface area contributed by atoms with Crippen LogP contribution in [0.25, 0.3) is 0 Å². The Bertz CT molecular complexity index is 819. The molecule has 0 spiro atoms. The second kappa shape index (κ2) is 6.47. The van der Waals surface area contributed by atoms with E-state index in [-0.39, 0.29) is 23.7 Å². The van der Waals surface area contributed by atoms with Gasteiger partial charge in [-0.25, -0.2) is 9.78 Å². The van der Waals surface area contributed by atoms with E-state index >= 15 is 0 Å². The first-order chi connectivity index (χ1) is 11.8. The van der Waals surface area contributed by atoms with Crippen molar-refractivity contribution in [2.45, 2.75) is 25.1 Å². The number of halogens is 3. The van der Waals surface area contributed by atoms with Gasteiger partial charge in [0.15, 0.2) is 5.69 Å². The Morgan fingerprint density at radius 1 is 1.32 bits per heavy atom. The number of thiazole rings is 1. The number of amides is 1. The third kappa shape index (κ3) is 3.81. The number of nitrogens with zero attached hydrogens (tertiary/aromatic N) is 1. The highest BCUT2D eigenvalue weighted by Gasteiger charge is 2.47. The zero-order valence-corrected chi connectivity index (χ0v) is 13.5. The smallest absolute Gasteiger partial charge is 0.416 e. The molecule has 25 heavy (non-hydrogen) atoms. The summed E-state index contributed by atoms with van der Waals surface area (Å²) in [4.78, 5) is 26.7. The molecule has 132 valence electrons. The zero-order chi connectivity index (χ0) is 18.2. The van der Waals surface area contributed by atoms with Gasteiger partial charge in [-0.1, -0.05) is 18.2 Å². The molecule has 0 unspecified atom stereocenters. The molecule has 0 radical (unpaired) electrons. The van der Waals surface area contributed by atoms with Gasteiger partial charge in [0.25, 0.3) is 0 Å². The fraction of sp³-hybridized carbons (Fsp3) is 0.312. The topological polar surface area (TPSA) is 79.3 Å². The summed E-state index contributed by atoms with van der Waals surface area (Å²) >= 11 is 1.10.